The van der Waals surface area contributed by atoms with Crippen molar-refractivity contribution in [1.29, 1.82) is 0 Å². The van der Waals surface area contributed by atoms with Gasteiger partial charge in [-0.2, -0.15) is 0 Å². The summed E-state index contributed by atoms with van der Waals surface area (Å²) in [6.45, 7) is 5.70. The number of esters is 1. The van der Waals surface area contributed by atoms with Crippen LogP contribution in [-0.4, -0.2) is 18.9 Å². The molecule has 1 atom stereocenters. The molecule has 0 radical (unpaired) electrons. The number of aryl methyl sites for hydroxylation is 2. The number of ketones is 1. The maximum Gasteiger partial charge on any atom is 0.311 e. The Balaban J connectivity index is 1.63. The van der Waals surface area contributed by atoms with Crippen molar-refractivity contribution in [3.8, 4) is 11.5 Å². The van der Waals surface area contributed by atoms with Crippen LogP contribution in [0.25, 0.3) is 0 Å². The van der Waals surface area contributed by atoms with Crippen molar-refractivity contribution in [2.75, 3.05) is 7.11 Å². The Bertz CT molecular complexity index is 1170. The van der Waals surface area contributed by atoms with E-state index in [1.54, 1.807) is 14.0 Å². The molecule has 4 heteroatoms. The number of carbonyl (C=O) groups is 2. The van der Waals surface area contributed by atoms with E-state index in [1.165, 1.54) is 11.1 Å². The van der Waals surface area contributed by atoms with Crippen LogP contribution in [0.1, 0.15) is 92.0 Å². The molecule has 0 aliphatic heterocycles. The predicted octanol–water partition coefficient (Wildman–Crippen LogP) is 8.11. The fourth-order valence-electron chi connectivity index (χ4n) is 4.79. The molecule has 37 heavy (non-hydrogen) atoms. The fourth-order valence-corrected chi connectivity index (χ4v) is 4.79. The second-order valence-corrected chi connectivity index (χ2v) is 9.90. The summed E-state index contributed by atoms with van der Waals surface area (Å²) in [7, 11) is 1.69. The minimum Gasteiger partial charge on any atom is -0.496 e. The summed E-state index contributed by atoms with van der Waals surface area (Å²) in [5.41, 5.74) is 5.59. The summed E-state index contributed by atoms with van der Waals surface area (Å²) in [6.07, 6.45) is 7.18. The number of carbonyl (C=O) groups excluding carboxylic acids is 2. The van der Waals surface area contributed by atoms with Gasteiger partial charge in [0.05, 0.1) is 7.11 Å². The van der Waals surface area contributed by atoms with Gasteiger partial charge in [-0.05, 0) is 73.6 Å². The minimum absolute atomic E-state index is 0.0599. The van der Waals surface area contributed by atoms with Gasteiger partial charge in [0, 0.05) is 18.8 Å². The number of hydrogen-bond donors (Lipinski definition) is 0. The highest BCUT2D eigenvalue weighted by Gasteiger charge is 2.19. The zero-order valence-corrected chi connectivity index (χ0v) is 22.7. The summed E-state index contributed by atoms with van der Waals surface area (Å²) in [5, 5.41) is 0. The van der Waals surface area contributed by atoms with E-state index in [-0.39, 0.29) is 17.7 Å². The molecular weight excluding hydrogens is 460 g/mol. The van der Waals surface area contributed by atoms with E-state index in [0.717, 1.165) is 61.0 Å². The Kier molecular flexibility index (Phi) is 10.9. The first kappa shape index (κ1) is 28.2. The van der Waals surface area contributed by atoms with E-state index in [4.69, 9.17) is 9.47 Å². The first-order valence-corrected chi connectivity index (χ1v) is 13.4. The molecule has 0 aromatic heterocycles. The SMILES string of the molecule is COc1ccc(C(c2ccccc2)c2ccc(OC(=O)CCCCCCCCC(C)=O)c(C)c2)cc1C. The van der Waals surface area contributed by atoms with E-state index < -0.39 is 0 Å². The number of unbranched alkanes of at least 4 members (excludes halogenated alkanes) is 5. The molecule has 0 heterocycles. The quantitative estimate of drug-likeness (QED) is 0.0971. The molecule has 0 saturated heterocycles. The van der Waals surface area contributed by atoms with Gasteiger partial charge in [0.25, 0.3) is 0 Å². The van der Waals surface area contributed by atoms with E-state index in [1.807, 2.05) is 25.1 Å². The number of benzene rings is 3. The van der Waals surface area contributed by atoms with Crippen LogP contribution in [0.5, 0.6) is 11.5 Å². The van der Waals surface area contributed by atoms with Gasteiger partial charge in [0.1, 0.15) is 17.3 Å². The molecule has 196 valence electrons. The Morgan fingerprint density at radius 2 is 1.22 bits per heavy atom. The van der Waals surface area contributed by atoms with Crippen LogP contribution in [0.2, 0.25) is 0 Å². The van der Waals surface area contributed by atoms with Crippen molar-refractivity contribution in [2.24, 2.45) is 0 Å². The molecule has 0 saturated carbocycles. The van der Waals surface area contributed by atoms with Gasteiger partial charge in [-0.25, -0.2) is 0 Å². The van der Waals surface area contributed by atoms with Crippen LogP contribution in [0.4, 0.5) is 0 Å². The van der Waals surface area contributed by atoms with Gasteiger partial charge in [0.15, 0.2) is 0 Å². The summed E-state index contributed by atoms with van der Waals surface area (Å²) in [5.74, 6) is 1.64. The van der Waals surface area contributed by atoms with E-state index >= 15 is 0 Å². The third-order valence-corrected chi connectivity index (χ3v) is 6.80. The molecule has 0 fully saturated rings. The highest BCUT2D eigenvalue weighted by Crippen LogP contribution is 2.36. The Morgan fingerprint density at radius 3 is 1.76 bits per heavy atom. The molecular formula is C33H40O4. The zero-order chi connectivity index (χ0) is 26.6. The van der Waals surface area contributed by atoms with Crippen molar-refractivity contribution in [1.82, 2.24) is 0 Å². The van der Waals surface area contributed by atoms with Gasteiger partial charge < -0.3 is 14.3 Å². The van der Waals surface area contributed by atoms with Crippen molar-refractivity contribution >= 4 is 11.8 Å². The average Bonchev–Trinajstić information content (AvgIpc) is 2.88. The number of Topliss-reactive ketones (excluding diaryl/α,β-unsaturated/α-hetero) is 1. The summed E-state index contributed by atoms with van der Waals surface area (Å²) < 4.78 is 11.2. The van der Waals surface area contributed by atoms with Gasteiger partial charge in [-0.1, -0.05) is 80.3 Å². The number of hydrogen-bond acceptors (Lipinski definition) is 4. The first-order valence-electron chi connectivity index (χ1n) is 13.4. The van der Waals surface area contributed by atoms with E-state index in [9.17, 15) is 9.59 Å². The van der Waals surface area contributed by atoms with E-state index in [2.05, 4.69) is 55.5 Å². The molecule has 0 aliphatic carbocycles. The van der Waals surface area contributed by atoms with Crippen molar-refractivity contribution in [3.05, 3.63) is 94.5 Å². The van der Waals surface area contributed by atoms with Crippen LogP contribution in [0.15, 0.2) is 66.7 Å². The lowest BCUT2D eigenvalue weighted by molar-refractivity contribution is -0.134. The van der Waals surface area contributed by atoms with Gasteiger partial charge in [-0.15, -0.1) is 0 Å². The van der Waals surface area contributed by atoms with Gasteiger partial charge in [0.2, 0.25) is 0 Å². The highest BCUT2D eigenvalue weighted by molar-refractivity contribution is 5.75. The molecule has 3 aromatic carbocycles. The average molecular weight is 501 g/mol. The van der Waals surface area contributed by atoms with Crippen molar-refractivity contribution < 1.29 is 19.1 Å². The molecule has 3 aromatic rings. The minimum atomic E-state index is -0.183. The predicted molar refractivity (Wildman–Crippen MR) is 150 cm³/mol. The summed E-state index contributed by atoms with van der Waals surface area (Å²) in [6, 6.07) is 22.9. The number of methoxy groups -OCH3 is 1. The Labute approximate surface area is 222 Å². The monoisotopic (exact) mass is 500 g/mol. The van der Waals surface area contributed by atoms with Crippen LogP contribution in [0.3, 0.4) is 0 Å². The van der Waals surface area contributed by atoms with Crippen LogP contribution in [-0.2, 0) is 9.59 Å². The first-order chi connectivity index (χ1) is 17.9. The number of ether oxygens (including phenoxy) is 2. The molecule has 0 bridgehead atoms. The third-order valence-electron chi connectivity index (χ3n) is 6.80. The summed E-state index contributed by atoms with van der Waals surface area (Å²) in [4.78, 5) is 23.5. The standard InChI is InChI=1S/C33H40O4/c1-24-22-28(18-20-30(24)36-4)33(27-15-11-9-12-16-27)29-19-21-31(25(2)23-29)37-32(35)17-13-8-6-5-7-10-14-26(3)34/h9,11-12,15-16,18-23,33H,5-8,10,13-14,17H2,1-4H3. The lowest BCUT2D eigenvalue weighted by atomic mass is 9.84. The maximum absolute atomic E-state index is 12.5. The summed E-state index contributed by atoms with van der Waals surface area (Å²) >= 11 is 0. The largest absolute Gasteiger partial charge is 0.496 e. The molecule has 1 unspecified atom stereocenters. The molecule has 0 aliphatic rings. The van der Waals surface area contributed by atoms with Crippen LogP contribution < -0.4 is 9.47 Å². The number of rotatable bonds is 14. The normalized spacial score (nSPS) is 11.7. The molecule has 3 rings (SSSR count). The second kappa shape index (κ2) is 14.4. The lowest BCUT2D eigenvalue weighted by Gasteiger charge is -2.21. The smallest absolute Gasteiger partial charge is 0.311 e. The third kappa shape index (κ3) is 8.59. The molecule has 0 N–H and O–H groups in total. The van der Waals surface area contributed by atoms with Crippen LogP contribution in [0, 0.1) is 13.8 Å². The Hall–Kier alpha value is -3.40. The zero-order valence-electron chi connectivity index (χ0n) is 22.7. The maximum atomic E-state index is 12.5. The van der Waals surface area contributed by atoms with Crippen molar-refractivity contribution in [2.45, 2.75) is 78.1 Å². The lowest BCUT2D eigenvalue weighted by Crippen LogP contribution is -2.09. The fraction of sp³-hybridized carbons (Fsp3) is 0.394. The van der Waals surface area contributed by atoms with Gasteiger partial charge >= 0.3 is 5.97 Å². The topological polar surface area (TPSA) is 52.6 Å². The van der Waals surface area contributed by atoms with Crippen LogP contribution >= 0.6 is 0 Å². The second-order valence-electron chi connectivity index (χ2n) is 9.90. The highest BCUT2D eigenvalue weighted by atomic mass is 16.5. The van der Waals surface area contributed by atoms with Gasteiger partial charge in [-0.3, -0.25) is 4.79 Å². The van der Waals surface area contributed by atoms with Crippen molar-refractivity contribution in [3.63, 3.8) is 0 Å². The molecule has 0 amide bonds. The molecule has 4 nitrogen and oxygen atoms in total. The van der Waals surface area contributed by atoms with E-state index in [0.29, 0.717) is 18.6 Å². The molecule has 0 spiro atoms. The Morgan fingerprint density at radius 1 is 0.676 bits per heavy atom.